The third kappa shape index (κ3) is 4.00. The van der Waals surface area contributed by atoms with E-state index in [1.165, 1.54) is 11.1 Å². The number of amides is 1. The fourth-order valence-electron chi connectivity index (χ4n) is 3.62. The van der Waals surface area contributed by atoms with E-state index in [2.05, 4.69) is 33.4 Å². The molecule has 0 saturated carbocycles. The van der Waals surface area contributed by atoms with Gasteiger partial charge in [-0.2, -0.15) is 0 Å². The van der Waals surface area contributed by atoms with Crippen LogP contribution in [-0.2, 0) is 13.0 Å². The summed E-state index contributed by atoms with van der Waals surface area (Å²) in [5.41, 5.74) is 3.89. The molecule has 140 valence electrons. The molecule has 3 aromatic rings. The molecule has 0 saturated heterocycles. The zero-order chi connectivity index (χ0) is 18.8. The summed E-state index contributed by atoms with van der Waals surface area (Å²) in [7, 11) is 0. The molecule has 1 atom stereocenters. The molecule has 1 aliphatic heterocycles. The molecule has 1 aliphatic rings. The van der Waals surface area contributed by atoms with Crippen LogP contribution in [-0.4, -0.2) is 46.6 Å². The van der Waals surface area contributed by atoms with Crippen molar-refractivity contribution in [3.63, 3.8) is 0 Å². The Kier molecular flexibility index (Phi) is 5.16. The van der Waals surface area contributed by atoms with Crippen LogP contribution < -0.4 is 5.32 Å². The molecular formula is C21H22ClN3O2. The van der Waals surface area contributed by atoms with Crippen molar-refractivity contribution in [3.8, 4) is 0 Å². The molecule has 0 aliphatic carbocycles. The fourth-order valence-corrected chi connectivity index (χ4v) is 3.85. The zero-order valence-electron chi connectivity index (χ0n) is 14.9. The highest BCUT2D eigenvalue weighted by Crippen LogP contribution is 2.23. The number of nitrogens with one attached hydrogen (secondary N) is 2. The standard InChI is InChI=1S/C21H22ClN3O2/c22-18-7-3-6-15-10-19(24-20(15)18)21(27)23-11-17(26)13-25-9-8-14-4-1-2-5-16(14)12-25/h1-7,10,17,24,26H,8-9,11-13H2,(H,23,27). The summed E-state index contributed by atoms with van der Waals surface area (Å²) in [6.45, 7) is 2.50. The van der Waals surface area contributed by atoms with E-state index in [0.29, 0.717) is 17.3 Å². The fraction of sp³-hybridized carbons (Fsp3) is 0.286. The average Bonchev–Trinajstić information content (AvgIpc) is 3.12. The van der Waals surface area contributed by atoms with E-state index in [-0.39, 0.29) is 12.5 Å². The van der Waals surface area contributed by atoms with Crippen molar-refractivity contribution in [3.05, 3.63) is 70.4 Å². The molecule has 4 rings (SSSR count). The van der Waals surface area contributed by atoms with Crippen LogP contribution in [0.25, 0.3) is 10.9 Å². The lowest BCUT2D eigenvalue weighted by atomic mass is 10.00. The maximum atomic E-state index is 12.4. The Morgan fingerprint density at radius 1 is 1.22 bits per heavy atom. The minimum absolute atomic E-state index is 0.208. The van der Waals surface area contributed by atoms with Crippen LogP contribution >= 0.6 is 11.6 Å². The normalized spacial score (nSPS) is 15.5. The number of hydrogen-bond donors (Lipinski definition) is 3. The van der Waals surface area contributed by atoms with Crippen LogP contribution in [0.4, 0.5) is 0 Å². The molecule has 0 spiro atoms. The average molecular weight is 384 g/mol. The number of rotatable bonds is 5. The Bertz CT molecular complexity index is 969. The van der Waals surface area contributed by atoms with Crippen molar-refractivity contribution in [2.45, 2.75) is 19.1 Å². The molecule has 27 heavy (non-hydrogen) atoms. The molecular weight excluding hydrogens is 362 g/mol. The summed E-state index contributed by atoms with van der Waals surface area (Å²) in [5, 5.41) is 14.6. The van der Waals surface area contributed by atoms with E-state index in [1.54, 1.807) is 12.1 Å². The highest BCUT2D eigenvalue weighted by Gasteiger charge is 2.19. The highest BCUT2D eigenvalue weighted by atomic mass is 35.5. The van der Waals surface area contributed by atoms with Gasteiger partial charge in [0.05, 0.1) is 16.6 Å². The lowest BCUT2D eigenvalue weighted by Crippen LogP contribution is -2.42. The van der Waals surface area contributed by atoms with Crippen LogP contribution in [0.1, 0.15) is 21.6 Å². The predicted molar refractivity (Wildman–Crippen MR) is 107 cm³/mol. The van der Waals surface area contributed by atoms with Gasteiger partial charge in [0.1, 0.15) is 5.69 Å². The molecule has 0 fully saturated rings. The summed E-state index contributed by atoms with van der Waals surface area (Å²) in [6.07, 6.45) is 0.373. The van der Waals surface area contributed by atoms with Gasteiger partial charge < -0.3 is 15.4 Å². The second kappa shape index (κ2) is 7.72. The smallest absolute Gasteiger partial charge is 0.267 e. The van der Waals surface area contributed by atoms with Gasteiger partial charge in [0, 0.05) is 31.6 Å². The Labute approximate surface area is 162 Å². The van der Waals surface area contributed by atoms with E-state index in [0.717, 1.165) is 30.4 Å². The first-order valence-corrected chi connectivity index (χ1v) is 9.50. The predicted octanol–water partition coefficient (Wildman–Crippen LogP) is 2.97. The number of aromatic amines is 1. The third-order valence-electron chi connectivity index (χ3n) is 5.03. The van der Waals surface area contributed by atoms with E-state index in [1.807, 2.05) is 18.2 Å². The van der Waals surface area contributed by atoms with Gasteiger partial charge in [-0.15, -0.1) is 0 Å². The number of para-hydroxylation sites is 1. The Balaban J connectivity index is 1.31. The molecule has 0 bridgehead atoms. The zero-order valence-corrected chi connectivity index (χ0v) is 15.7. The molecule has 2 aromatic carbocycles. The lowest BCUT2D eigenvalue weighted by molar-refractivity contribution is 0.0838. The maximum Gasteiger partial charge on any atom is 0.267 e. The third-order valence-corrected chi connectivity index (χ3v) is 5.34. The minimum Gasteiger partial charge on any atom is -0.390 e. The van der Waals surface area contributed by atoms with Gasteiger partial charge in [0.15, 0.2) is 0 Å². The van der Waals surface area contributed by atoms with E-state index < -0.39 is 6.10 Å². The Hall–Kier alpha value is -2.34. The first kappa shape index (κ1) is 18.0. The molecule has 1 aromatic heterocycles. The lowest BCUT2D eigenvalue weighted by Gasteiger charge is -2.30. The van der Waals surface area contributed by atoms with Gasteiger partial charge >= 0.3 is 0 Å². The SMILES string of the molecule is O=C(NCC(O)CN1CCc2ccccc2C1)c1cc2cccc(Cl)c2[nH]1. The van der Waals surface area contributed by atoms with E-state index in [4.69, 9.17) is 11.6 Å². The topological polar surface area (TPSA) is 68.4 Å². The van der Waals surface area contributed by atoms with Crippen molar-refractivity contribution in [2.75, 3.05) is 19.6 Å². The summed E-state index contributed by atoms with van der Waals surface area (Å²) in [5.74, 6) is -0.245. The van der Waals surface area contributed by atoms with Gasteiger partial charge in [-0.1, -0.05) is 48.0 Å². The number of nitrogens with zero attached hydrogens (tertiary/aromatic N) is 1. The van der Waals surface area contributed by atoms with Crippen molar-refractivity contribution in [2.24, 2.45) is 0 Å². The highest BCUT2D eigenvalue weighted by molar-refractivity contribution is 6.35. The number of aromatic nitrogens is 1. The summed E-state index contributed by atoms with van der Waals surface area (Å²) in [4.78, 5) is 17.6. The number of H-pyrrole nitrogens is 1. The van der Waals surface area contributed by atoms with Gasteiger partial charge in [0.25, 0.3) is 5.91 Å². The van der Waals surface area contributed by atoms with Gasteiger partial charge in [-0.25, -0.2) is 0 Å². The number of hydrogen-bond acceptors (Lipinski definition) is 3. The molecule has 2 heterocycles. The summed E-state index contributed by atoms with van der Waals surface area (Å²) in [6, 6.07) is 15.7. The number of fused-ring (bicyclic) bond motifs is 2. The number of aliphatic hydroxyl groups excluding tert-OH is 1. The second-order valence-electron chi connectivity index (χ2n) is 7.00. The first-order valence-electron chi connectivity index (χ1n) is 9.13. The molecule has 6 heteroatoms. The monoisotopic (exact) mass is 383 g/mol. The number of aliphatic hydroxyl groups is 1. The summed E-state index contributed by atoms with van der Waals surface area (Å²) >= 11 is 6.14. The van der Waals surface area contributed by atoms with Crippen molar-refractivity contribution >= 4 is 28.4 Å². The molecule has 3 N–H and O–H groups in total. The number of halogens is 1. The Morgan fingerprint density at radius 2 is 2.04 bits per heavy atom. The van der Waals surface area contributed by atoms with Gasteiger partial charge in [-0.3, -0.25) is 9.69 Å². The van der Waals surface area contributed by atoms with E-state index in [9.17, 15) is 9.90 Å². The first-order chi connectivity index (χ1) is 13.1. The summed E-state index contributed by atoms with van der Waals surface area (Å²) < 4.78 is 0. The van der Waals surface area contributed by atoms with E-state index >= 15 is 0 Å². The largest absolute Gasteiger partial charge is 0.390 e. The number of β-amino-alcohol motifs (C(OH)–C–C–N with tert-alkyl or cyclic N) is 1. The van der Waals surface area contributed by atoms with Crippen LogP contribution in [0, 0.1) is 0 Å². The van der Waals surface area contributed by atoms with Crippen molar-refractivity contribution < 1.29 is 9.90 Å². The number of carbonyl (C=O) groups is 1. The molecule has 0 radical (unpaired) electrons. The van der Waals surface area contributed by atoms with Gasteiger partial charge in [-0.05, 0) is 29.7 Å². The number of benzene rings is 2. The quantitative estimate of drug-likeness (QED) is 0.634. The van der Waals surface area contributed by atoms with Crippen LogP contribution in [0.2, 0.25) is 5.02 Å². The molecule has 1 unspecified atom stereocenters. The van der Waals surface area contributed by atoms with Crippen molar-refractivity contribution in [1.82, 2.24) is 15.2 Å². The second-order valence-corrected chi connectivity index (χ2v) is 7.41. The van der Waals surface area contributed by atoms with Crippen LogP contribution in [0.5, 0.6) is 0 Å². The maximum absolute atomic E-state index is 12.4. The van der Waals surface area contributed by atoms with Crippen LogP contribution in [0.15, 0.2) is 48.5 Å². The molecule has 5 nitrogen and oxygen atoms in total. The Morgan fingerprint density at radius 3 is 2.85 bits per heavy atom. The van der Waals surface area contributed by atoms with Gasteiger partial charge in [0.2, 0.25) is 0 Å². The van der Waals surface area contributed by atoms with Crippen molar-refractivity contribution in [1.29, 1.82) is 0 Å². The van der Waals surface area contributed by atoms with Crippen LogP contribution in [0.3, 0.4) is 0 Å². The molecule has 1 amide bonds. The minimum atomic E-state index is -0.618. The number of carbonyl (C=O) groups excluding carboxylic acids is 1.